The van der Waals surface area contributed by atoms with Crippen molar-refractivity contribution in [2.75, 3.05) is 31.1 Å². The Hall–Kier alpha value is -3.41. The van der Waals surface area contributed by atoms with E-state index in [1.54, 1.807) is 6.33 Å². The van der Waals surface area contributed by atoms with Crippen LogP contribution in [0.25, 0.3) is 0 Å². The number of ether oxygens (including phenoxy) is 1. The molecule has 3 aromatic rings. The molecule has 0 bridgehead atoms. The first-order valence-electron chi connectivity index (χ1n) is 9.79. The predicted octanol–water partition coefficient (Wildman–Crippen LogP) is 3.33. The molecule has 1 amide bonds. The molecule has 0 radical (unpaired) electrons. The van der Waals surface area contributed by atoms with Crippen LogP contribution in [0.2, 0.25) is 0 Å². The number of carbonyl (C=O) groups is 1. The zero-order valence-corrected chi connectivity index (χ0v) is 16.5. The highest BCUT2D eigenvalue weighted by molar-refractivity contribution is 5.94. The first kappa shape index (κ1) is 18.9. The van der Waals surface area contributed by atoms with Crippen molar-refractivity contribution in [3.8, 4) is 5.75 Å². The highest BCUT2D eigenvalue weighted by Crippen LogP contribution is 2.18. The van der Waals surface area contributed by atoms with Crippen LogP contribution in [-0.2, 0) is 6.61 Å². The fourth-order valence-electron chi connectivity index (χ4n) is 3.37. The molecule has 0 unspecified atom stereocenters. The summed E-state index contributed by atoms with van der Waals surface area (Å²) < 4.78 is 5.80. The topological polar surface area (TPSA) is 58.6 Å². The number of anilines is 1. The van der Waals surface area contributed by atoms with Crippen LogP contribution in [0.3, 0.4) is 0 Å². The Morgan fingerprint density at radius 1 is 0.966 bits per heavy atom. The third-order valence-electron chi connectivity index (χ3n) is 5.03. The highest BCUT2D eigenvalue weighted by Gasteiger charge is 2.23. The lowest BCUT2D eigenvalue weighted by atomic mass is 10.1. The number of hydrogen-bond acceptors (Lipinski definition) is 5. The maximum atomic E-state index is 12.8. The summed E-state index contributed by atoms with van der Waals surface area (Å²) in [4.78, 5) is 25.4. The van der Waals surface area contributed by atoms with Gasteiger partial charge in [0.25, 0.3) is 5.91 Å². The molecule has 0 N–H and O–H groups in total. The molecular formula is C23H24N4O2. The largest absolute Gasteiger partial charge is 0.489 e. The van der Waals surface area contributed by atoms with Gasteiger partial charge in [-0.3, -0.25) is 4.79 Å². The molecule has 0 saturated carbocycles. The molecule has 6 nitrogen and oxygen atoms in total. The summed E-state index contributed by atoms with van der Waals surface area (Å²) >= 11 is 0. The SMILES string of the molecule is Cc1cc(N2CCN(C(=O)c3ccc(OCc4ccccc4)cc3)CC2)ncn1. The molecule has 0 atom stereocenters. The zero-order chi connectivity index (χ0) is 20.1. The van der Waals surface area contributed by atoms with Gasteiger partial charge in [0.1, 0.15) is 24.5 Å². The van der Waals surface area contributed by atoms with Crippen molar-refractivity contribution in [1.29, 1.82) is 0 Å². The highest BCUT2D eigenvalue weighted by atomic mass is 16.5. The number of nitrogens with zero attached hydrogens (tertiary/aromatic N) is 4. The number of amides is 1. The fourth-order valence-corrected chi connectivity index (χ4v) is 3.37. The van der Waals surface area contributed by atoms with Gasteiger partial charge in [-0.1, -0.05) is 30.3 Å². The summed E-state index contributed by atoms with van der Waals surface area (Å²) in [6.07, 6.45) is 1.59. The first-order chi connectivity index (χ1) is 14.2. The summed E-state index contributed by atoms with van der Waals surface area (Å²) in [6.45, 7) is 5.35. The molecule has 1 aliphatic rings. The average molecular weight is 388 g/mol. The summed E-state index contributed by atoms with van der Waals surface area (Å²) in [7, 11) is 0. The molecule has 1 aromatic heterocycles. The number of aryl methyl sites for hydroxylation is 1. The van der Waals surface area contributed by atoms with Crippen LogP contribution < -0.4 is 9.64 Å². The summed E-state index contributed by atoms with van der Waals surface area (Å²) in [5, 5.41) is 0. The number of carbonyl (C=O) groups excluding carboxylic acids is 1. The minimum atomic E-state index is 0.0538. The minimum Gasteiger partial charge on any atom is -0.489 e. The molecule has 4 rings (SSSR count). The smallest absolute Gasteiger partial charge is 0.253 e. The van der Waals surface area contributed by atoms with E-state index >= 15 is 0 Å². The summed E-state index contributed by atoms with van der Waals surface area (Å²) in [6, 6.07) is 19.4. The number of benzene rings is 2. The van der Waals surface area contributed by atoms with Gasteiger partial charge >= 0.3 is 0 Å². The molecule has 1 aliphatic heterocycles. The van der Waals surface area contributed by atoms with Gasteiger partial charge in [-0.2, -0.15) is 0 Å². The summed E-state index contributed by atoms with van der Waals surface area (Å²) in [5.41, 5.74) is 2.75. The Kier molecular flexibility index (Phi) is 5.70. The van der Waals surface area contributed by atoms with Crippen LogP contribution in [-0.4, -0.2) is 47.0 Å². The molecule has 2 aromatic carbocycles. The van der Waals surface area contributed by atoms with Gasteiger partial charge < -0.3 is 14.5 Å². The second kappa shape index (κ2) is 8.73. The molecular weight excluding hydrogens is 364 g/mol. The minimum absolute atomic E-state index is 0.0538. The molecule has 1 fully saturated rings. The van der Waals surface area contributed by atoms with Gasteiger partial charge in [-0.15, -0.1) is 0 Å². The van der Waals surface area contributed by atoms with Gasteiger partial charge in [-0.05, 0) is 36.8 Å². The predicted molar refractivity (Wildman–Crippen MR) is 112 cm³/mol. The van der Waals surface area contributed by atoms with E-state index in [1.807, 2.05) is 72.5 Å². The van der Waals surface area contributed by atoms with E-state index in [1.165, 1.54) is 0 Å². The van der Waals surface area contributed by atoms with Crippen molar-refractivity contribution < 1.29 is 9.53 Å². The van der Waals surface area contributed by atoms with Crippen LogP contribution in [0.5, 0.6) is 5.75 Å². The lowest BCUT2D eigenvalue weighted by Crippen LogP contribution is -2.49. The van der Waals surface area contributed by atoms with E-state index in [2.05, 4.69) is 14.9 Å². The third kappa shape index (κ3) is 4.71. The Morgan fingerprint density at radius 3 is 2.38 bits per heavy atom. The molecule has 0 spiro atoms. The number of aromatic nitrogens is 2. The first-order valence-corrected chi connectivity index (χ1v) is 9.79. The standard InChI is InChI=1S/C23H24N4O2/c1-18-15-22(25-17-24-18)26-11-13-27(14-12-26)23(28)20-7-9-21(10-8-20)29-16-19-5-3-2-4-6-19/h2-10,15,17H,11-14,16H2,1H3. The average Bonchev–Trinajstić information content (AvgIpc) is 2.78. The molecule has 29 heavy (non-hydrogen) atoms. The van der Waals surface area contributed by atoms with Gasteiger partial charge in [0.2, 0.25) is 0 Å². The molecule has 0 aliphatic carbocycles. The second-order valence-corrected chi connectivity index (χ2v) is 7.10. The van der Waals surface area contributed by atoms with Crippen LogP contribution in [0.1, 0.15) is 21.6 Å². The van der Waals surface area contributed by atoms with Crippen molar-refractivity contribution in [2.45, 2.75) is 13.5 Å². The van der Waals surface area contributed by atoms with E-state index in [-0.39, 0.29) is 5.91 Å². The lowest BCUT2D eigenvalue weighted by Gasteiger charge is -2.35. The lowest BCUT2D eigenvalue weighted by molar-refractivity contribution is 0.0746. The zero-order valence-electron chi connectivity index (χ0n) is 16.5. The Labute approximate surface area is 170 Å². The van der Waals surface area contributed by atoms with Crippen molar-refractivity contribution in [2.24, 2.45) is 0 Å². The molecule has 1 saturated heterocycles. The van der Waals surface area contributed by atoms with Crippen LogP contribution in [0.4, 0.5) is 5.82 Å². The van der Waals surface area contributed by atoms with Gasteiger partial charge in [0, 0.05) is 43.5 Å². The Morgan fingerprint density at radius 2 is 1.69 bits per heavy atom. The number of hydrogen-bond donors (Lipinski definition) is 0. The van der Waals surface area contributed by atoms with Crippen LogP contribution in [0.15, 0.2) is 67.0 Å². The van der Waals surface area contributed by atoms with Gasteiger partial charge in [0.15, 0.2) is 0 Å². The maximum Gasteiger partial charge on any atom is 0.253 e. The van der Waals surface area contributed by atoms with E-state index < -0.39 is 0 Å². The normalized spacial score (nSPS) is 14.0. The second-order valence-electron chi connectivity index (χ2n) is 7.10. The maximum absolute atomic E-state index is 12.8. The molecule has 2 heterocycles. The van der Waals surface area contributed by atoms with Crippen LogP contribution in [0, 0.1) is 6.92 Å². The Bertz CT molecular complexity index is 952. The van der Waals surface area contributed by atoms with E-state index in [0.717, 1.165) is 35.9 Å². The monoisotopic (exact) mass is 388 g/mol. The number of rotatable bonds is 5. The van der Waals surface area contributed by atoms with Crippen molar-refractivity contribution in [3.05, 3.63) is 83.8 Å². The van der Waals surface area contributed by atoms with E-state index in [9.17, 15) is 4.79 Å². The van der Waals surface area contributed by atoms with Gasteiger partial charge in [0.05, 0.1) is 0 Å². The third-order valence-corrected chi connectivity index (χ3v) is 5.03. The van der Waals surface area contributed by atoms with E-state index in [0.29, 0.717) is 25.3 Å². The Balaban J connectivity index is 1.31. The molecule has 6 heteroatoms. The van der Waals surface area contributed by atoms with Crippen molar-refractivity contribution in [1.82, 2.24) is 14.9 Å². The van der Waals surface area contributed by atoms with E-state index in [4.69, 9.17) is 4.74 Å². The fraction of sp³-hybridized carbons (Fsp3) is 0.261. The van der Waals surface area contributed by atoms with Crippen molar-refractivity contribution >= 4 is 11.7 Å². The number of piperazine rings is 1. The van der Waals surface area contributed by atoms with Crippen LogP contribution >= 0.6 is 0 Å². The molecule has 148 valence electrons. The quantitative estimate of drug-likeness (QED) is 0.671. The summed E-state index contributed by atoms with van der Waals surface area (Å²) in [5.74, 6) is 1.73. The van der Waals surface area contributed by atoms with Gasteiger partial charge in [-0.25, -0.2) is 9.97 Å². The van der Waals surface area contributed by atoms with Crippen molar-refractivity contribution in [3.63, 3.8) is 0 Å².